The van der Waals surface area contributed by atoms with Gasteiger partial charge >= 0.3 is 5.97 Å². The van der Waals surface area contributed by atoms with Crippen LogP contribution in [0.15, 0.2) is 66.7 Å². The molecule has 3 aliphatic rings. The van der Waals surface area contributed by atoms with Gasteiger partial charge in [-0.3, -0.25) is 4.79 Å². The Hall–Kier alpha value is -6.67. The first-order valence-corrected chi connectivity index (χ1v) is 20.1. The molecule has 5 aromatic rings. The maximum Gasteiger partial charge on any atom is 0.339 e. The van der Waals surface area contributed by atoms with Crippen molar-refractivity contribution >= 4 is 51.8 Å². The molecule has 0 saturated carbocycles. The van der Waals surface area contributed by atoms with Gasteiger partial charge in [-0.2, -0.15) is 4.98 Å². The number of aromatic carboxylic acids is 1. The predicted molar refractivity (Wildman–Crippen MR) is 232 cm³/mol. The van der Waals surface area contributed by atoms with Crippen LogP contribution >= 0.6 is 11.6 Å². The number of carbonyl (C=O) groups is 2. The van der Waals surface area contributed by atoms with Gasteiger partial charge in [0.15, 0.2) is 17.2 Å². The number of halogens is 4. The zero-order valence-corrected chi connectivity index (χ0v) is 36.0. The lowest BCUT2D eigenvalue weighted by atomic mass is 9.83. The molecule has 0 saturated heterocycles. The van der Waals surface area contributed by atoms with Crippen molar-refractivity contribution in [2.45, 2.75) is 65.8 Å². The van der Waals surface area contributed by atoms with E-state index in [1.165, 1.54) is 6.07 Å². The Morgan fingerprint density at radius 1 is 0.887 bits per heavy atom. The van der Waals surface area contributed by atoms with Crippen molar-refractivity contribution in [3.05, 3.63) is 144 Å². The van der Waals surface area contributed by atoms with Crippen molar-refractivity contribution in [3.8, 4) is 17.4 Å². The molecule has 11 nitrogen and oxygen atoms in total. The van der Waals surface area contributed by atoms with Crippen LogP contribution in [0.2, 0.25) is 5.15 Å². The number of likely N-dealkylation sites (N-methyl/N-ethyl adjacent to an activating group) is 2. The van der Waals surface area contributed by atoms with Crippen LogP contribution in [0.5, 0.6) is 17.4 Å². The Kier molecular flexibility index (Phi) is 10.2. The van der Waals surface area contributed by atoms with E-state index >= 15 is 13.2 Å². The van der Waals surface area contributed by atoms with Gasteiger partial charge in [0.25, 0.3) is 5.91 Å². The molecule has 0 fully saturated rings. The number of nitrogens with two attached hydrogens (primary N) is 1. The topological polar surface area (TPSA) is 143 Å². The van der Waals surface area contributed by atoms with Crippen molar-refractivity contribution < 1.29 is 37.3 Å². The summed E-state index contributed by atoms with van der Waals surface area (Å²) in [7, 11) is 3.86. The molecule has 4 heterocycles. The summed E-state index contributed by atoms with van der Waals surface area (Å²) in [5, 5.41) is 14.1. The van der Waals surface area contributed by atoms with Gasteiger partial charge in [0.2, 0.25) is 17.2 Å². The van der Waals surface area contributed by atoms with Crippen LogP contribution in [0, 0.1) is 17.5 Å². The first kappa shape index (κ1) is 42.0. The van der Waals surface area contributed by atoms with E-state index in [1.54, 1.807) is 48.5 Å². The number of carbonyl (C=O) groups excluding carboxylic acids is 1. The van der Waals surface area contributed by atoms with Crippen LogP contribution in [-0.4, -0.2) is 52.1 Å². The average molecular weight is 864 g/mol. The molecule has 1 aromatic heterocycles. The normalized spacial score (nSPS) is 15.6. The number of carboxylic acids is 1. The molecular formula is C47H43ClF3N6O5+. The maximum atomic E-state index is 17.5. The third-order valence-electron chi connectivity index (χ3n) is 12.0. The molecular weight excluding hydrogens is 821 g/mol. The van der Waals surface area contributed by atoms with Gasteiger partial charge in [0, 0.05) is 78.3 Å². The molecule has 1 amide bonds. The number of amides is 1. The maximum absolute atomic E-state index is 17.5. The monoisotopic (exact) mass is 863 g/mol. The minimum Gasteiger partial charge on any atom is -0.478 e. The van der Waals surface area contributed by atoms with Crippen molar-refractivity contribution in [2.75, 3.05) is 24.7 Å². The van der Waals surface area contributed by atoms with Crippen LogP contribution in [-0.2, 0) is 13.2 Å². The van der Waals surface area contributed by atoms with Crippen molar-refractivity contribution in [2.24, 2.45) is 0 Å². The second kappa shape index (κ2) is 15.0. The first-order valence-electron chi connectivity index (χ1n) is 19.7. The van der Waals surface area contributed by atoms with E-state index in [2.05, 4.69) is 64.6 Å². The van der Waals surface area contributed by atoms with Crippen molar-refractivity contribution in [3.63, 3.8) is 0 Å². The fourth-order valence-electron chi connectivity index (χ4n) is 8.41. The molecule has 0 bridgehead atoms. The number of nitrogens with zero attached hydrogens (tertiary/aromatic N) is 4. The number of anilines is 2. The predicted octanol–water partition coefficient (Wildman–Crippen LogP) is 7.64. The highest BCUT2D eigenvalue weighted by Gasteiger charge is 2.39. The molecule has 4 aromatic carbocycles. The van der Waals surface area contributed by atoms with E-state index < -0.39 is 57.1 Å². The summed E-state index contributed by atoms with van der Waals surface area (Å²) in [5.74, 6) is -8.00. The number of allylic oxidation sites excluding steroid dienone is 2. The summed E-state index contributed by atoms with van der Waals surface area (Å²) in [6, 6.07) is 15.2. The number of benzene rings is 4. The molecule has 0 atom stereocenters. The number of hydrogen-bond acceptors (Lipinski definition) is 8. The standard InChI is InChI=1S/C47H42ClF3N6O5/c1-22-18-46(3,4)56(7)30-15-32-28(13-26(22)30)36(29-14-27-23(2)19-47(5,6)57(8)31(27)16-33(29)62-32)37-38(44(59)60)41(50)42(51)39(40(37)49)43(58)53-20-24-9-11-25(12-10-24)21-61-35-17-34(48)54-45(52)55-35/h9-19H,20-21H2,1-8H3,(H3-,52,53,54,55,58,59,60)/p+1. The highest BCUT2D eigenvalue weighted by Crippen LogP contribution is 2.47. The quantitative estimate of drug-likeness (QED) is 0.0800. The Morgan fingerprint density at radius 2 is 1.55 bits per heavy atom. The molecule has 15 heteroatoms. The minimum absolute atomic E-state index is 0.0522. The van der Waals surface area contributed by atoms with Gasteiger partial charge in [-0.1, -0.05) is 41.9 Å². The van der Waals surface area contributed by atoms with Crippen LogP contribution in [0.4, 0.5) is 24.8 Å². The number of aromatic nitrogens is 2. The van der Waals surface area contributed by atoms with Gasteiger partial charge in [0.1, 0.15) is 47.3 Å². The highest BCUT2D eigenvalue weighted by molar-refractivity contribution is 6.29. The zero-order valence-electron chi connectivity index (χ0n) is 35.2. The Balaban J connectivity index is 1.27. The van der Waals surface area contributed by atoms with Crippen LogP contribution in [0.25, 0.3) is 16.7 Å². The highest BCUT2D eigenvalue weighted by atomic mass is 35.5. The molecule has 318 valence electrons. The summed E-state index contributed by atoms with van der Waals surface area (Å²) >= 11 is 5.92. The largest absolute Gasteiger partial charge is 0.478 e. The molecule has 3 aliphatic heterocycles. The van der Waals surface area contributed by atoms with Gasteiger partial charge in [0.05, 0.1) is 11.6 Å². The molecule has 0 spiro atoms. The number of carboxylic acid groups (broad SMARTS) is 1. The molecule has 0 radical (unpaired) electrons. The number of nitrogen functional groups attached to an aromatic ring is 1. The third-order valence-corrected chi connectivity index (χ3v) is 12.2. The lowest BCUT2D eigenvalue weighted by molar-refractivity contribution is 0.0688. The Bertz CT molecular complexity index is 2980. The summed E-state index contributed by atoms with van der Waals surface area (Å²) in [5.41, 5.74) is 6.95. The van der Waals surface area contributed by atoms with E-state index in [1.807, 2.05) is 27.9 Å². The average Bonchev–Trinajstić information content (AvgIpc) is 3.20. The Morgan fingerprint density at radius 3 is 2.23 bits per heavy atom. The number of hydrogen-bond donors (Lipinski definition) is 3. The van der Waals surface area contributed by atoms with Crippen molar-refractivity contribution in [1.29, 1.82) is 0 Å². The van der Waals surface area contributed by atoms with Gasteiger partial charge < -0.3 is 30.5 Å². The van der Waals surface area contributed by atoms with E-state index in [9.17, 15) is 14.7 Å². The summed E-state index contributed by atoms with van der Waals surface area (Å²) < 4.78 is 64.3. The third kappa shape index (κ3) is 7.11. The molecule has 62 heavy (non-hydrogen) atoms. The van der Waals surface area contributed by atoms with Gasteiger partial charge in [-0.25, -0.2) is 27.5 Å². The second-order valence-corrected chi connectivity index (χ2v) is 17.2. The van der Waals surface area contributed by atoms with E-state index in [4.69, 9.17) is 26.8 Å². The smallest absolute Gasteiger partial charge is 0.339 e. The summed E-state index contributed by atoms with van der Waals surface area (Å²) in [6.45, 7) is 11.9. The summed E-state index contributed by atoms with van der Waals surface area (Å²) in [4.78, 5) is 36.7. The molecule has 0 unspecified atom stereocenters. The molecule has 4 N–H and O–H groups in total. The fourth-order valence-corrected chi connectivity index (χ4v) is 8.59. The van der Waals surface area contributed by atoms with Gasteiger partial charge in [-0.15, -0.1) is 0 Å². The zero-order chi connectivity index (χ0) is 44.7. The number of fused-ring (bicyclic) bond motifs is 4. The van der Waals surface area contributed by atoms with Crippen LogP contribution in [0.1, 0.15) is 95.6 Å². The fraction of sp³-hybridized carbons (Fsp3) is 0.255. The van der Waals surface area contributed by atoms with Gasteiger partial charge in [-0.05, 0) is 68.2 Å². The molecule has 0 aliphatic carbocycles. The van der Waals surface area contributed by atoms with E-state index in [0.717, 1.165) is 33.3 Å². The Labute approximate surface area is 360 Å². The number of rotatable bonds is 8. The first-order chi connectivity index (χ1) is 29.2. The van der Waals surface area contributed by atoms with E-state index in [0.29, 0.717) is 11.1 Å². The number of nitrogens with one attached hydrogen (secondary N) is 1. The lowest BCUT2D eigenvalue weighted by Crippen LogP contribution is -2.47. The second-order valence-electron chi connectivity index (χ2n) is 16.8. The lowest BCUT2D eigenvalue weighted by Gasteiger charge is -2.41. The number of ether oxygens (including phenoxy) is 2. The molecule has 8 rings (SSSR count). The van der Waals surface area contributed by atoms with E-state index in [-0.39, 0.29) is 58.0 Å². The summed E-state index contributed by atoms with van der Waals surface area (Å²) in [6.07, 6.45) is 4.14. The van der Waals surface area contributed by atoms with Crippen molar-refractivity contribution in [1.82, 2.24) is 19.9 Å². The van der Waals surface area contributed by atoms with Crippen LogP contribution in [0.3, 0.4) is 0 Å². The SMILES string of the molecule is CC1=CC(C)(C)N(C)c2cc3c(cc21)C(c1c(F)c(C(=O)NCc2ccc(COc4cc(Cl)nc(N)n4)cc2)c(F)c(F)c1C(=O)O)=c1cc2c(cc1O3)=[N+](C)C(C)(C)C=C2C. The minimum atomic E-state index is -1.94. The van der Waals surface area contributed by atoms with Crippen LogP contribution < -0.4 is 40.6 Å².